The van der Waals surface area contributed by atoms with Crippen LogP contribution in [0.1, 0.15) is 0 Å². The van der Waals surface area contributed by atoms with E-state index in [-0.39, 0.29) is 5.02 Å². The third kappa shape index (κ3) is 2.22. The summed E-state index contributed by atoms with van der Waals surface area (Å²) in [6.07, 6.45) is 1.61. The van der Waals surface area contributed by atoms with Gasteiger partial charge in [-0.3, -0.25) is 4.57 Å². The van der Waals surface area contributed by atoms with E-state index in [1.54, 1.807) is 18.5 Å². The molecule has 19 heavy (non-hydrogen) atoms. The van der Waals surface area contributed by atoms with Crippen molar-refractivity contribution in [3.63, 3.8) is 0 Å². The van der Waals surface area contributed by atoms with E-state index in [9.17, 15) is 4.39 Å². The molecule has 0 spiro atoms. The third-order valence-corrected chi connectivity index (χ3v) is 3.05. The Morgan fingerprint density at radius 3 is 2.58 bits per heavy atom. The first-order valence-corrected chi connectivity index (χ1v) is 6.04. The zero-order valence-corrected chi connectivity index (χ0v) is 10.5. The predicted molar refractivity (Wildman–Crippen MR) is 71.8 cm³/mol. The fraction of sp³-hybridized carbons (Fsp3) is 0. The van der Waals surface area contributed by atoms with Crippen molar-refractivity contribution in [2.75, 3.05) is 0 Å². The Balaban J connectivity index is 2.12. The number of hydrogen-bond acceptors (Lipinski definition) is 2. The average molecular weight is 274 g/mol. The van der Waals surface area contributed by atoms with E-state index in [1.807, 2.05) is 34.9 Å². The van der Waals surface area contributed by atoms with Crippen molar-refractivity contribution >= 4 is 11.6 Å². The number of hydrogen-bond donors (Lipinski definition) is 0. The van der Waals surface area contributed by atoms with Gasteiger partial charge >= 0.3 is 0 Å². The van der Waals surface area contributed by atoms with Crippen molar-refractivity contribution in [3.8, 4) is 17.1 Å². The van der Waals surface area contributed by atoms with Gasteiger partial charge in [-0.15, -0.1) is 10.2 Å². The molecule has 0 radical (unpaired) electrons. The molecule has 2 aromatic carbocycles. The predicted octanol–water partition coefficient (Wildman–Crippen LogP) is 3.73. The van der Waals surface area contributed by atoms with Gasteiger partial charge in [0.1, 0.15) is 12.1 Å². The smallest absolute Gasteiger partial charge is 0.168 e. The summed E-state index contributed by atoms with van der Waals surface area (Å²) in [7, 11) is 0. The number of aromatic nitrogens is 3. The molecule has 0 fully saturated rings. The molecule has 5 heteroatoms. The Labute approximate surface area is 114 Å². The summed E-state index contributed by atoms with van der Waals surface area (Å²) in [4.78, 5) is 0. The second kappa shape index (κ2) is 4.82. The fourth-order valence-corrected chi connectivity index (χ4v) is 2.03. The summed E-state index contributed by atoms with van der Waals surface area (Å²) >= 11 is 5.80. The van der Waals surface area contributed by atoms with Crippen LogP contribution in [0.15, 0.2) is 54.9 Å². The molecule has 3 nitrogen and oxygen atoms in total. The molecule has 0 atom stereocenters. The van der Waals surface area contributed by atoms with E-state index in [2.05, 4.69) is 10.2 Å². The van der Waals surface area contributed by atoms with Crippen molar-refractivity contribution in [3.05, 3.63) is 65.7 Å². The summed E-state index contributed by atoms with van der Waals surface area (Å²) < 4.78 is 15.0. The second-order valence-corrected chi connectivity index (χ2v) is 4.40. The molecule has 94 valence electrons. The van der Waals surface area contributed by atoms with Gasteiger partial charge in [-0.1, -0.05) is 29.8 Å². The molecule has 1 heterocycles. The molecule has 1 aromatic heterocycles. The van der Waals surface area contributed by atoms with Crippen LogP contribution in [0.4, 0.5) is 4.39 Å². The summed E-state index contributed by atoms with van der Waals surface area (Å²) in [6.45, 7) is 0. The molecule has 0 N–H and O–H groups in total. The van der Waals surface area contributed by atoms with Crippen LogP contribution in [0.5, 0.6) is 0 Å². The van der Waals surface area contributed by atoms with Gasteiger partial charge < -0.3 is 0 Å². The highest BCUT2D eigenvalue weighted by atomic mass is 35.5. The Kier molecular flexibility index (Phi) is 3.01. The Morgan fingerprint density at radius 1 is 1.05 bits per heavy atom. The maximum absolute atomic E-state index is 13.2. The highest BCUT2D eigenvalue weighted by molar-refractivity contribution is 6.31. The largest absolute Gasteiger partial charge is 0.282 e. The van der Waals surface area contributed by atoms with Gasteiger partial charge in [0.15, 0.2) is 5.82 Å². The quantitative estimate of drug-likeness (QED) is 0.712. The van der Waals surface area contributed by atoms with Crippen LogP contribution in [-0.2, 0) is 0 Å². The molecule has 0 aliphatic rings. The first kappa shape index (κ1) is 11.9. The van der Waals surface area contributed by atoms with E-state index in [1.165, 1.54) is 6.07 Å². The van der Waals surface area contributed by atoms with E-state index < -0.39 is 5.82 Å². The Hall–Kier alpha value is -2.20. The minimum absolute atomic E-state index is 0.0695. The first-order chi connectivity index (χ1) is 9.25. The maximum Gasteiger partial charge on any atom is 0.168 e. The molecule has 0 aliphatic carbocycles. The molecule has 0 amide bonds. The van der Waals surface area contributed by atoms with Crippen LogP contribution >= 0.6 is 11.6 Å². The zero-order chi connectivity index (χ0) is 13.2. The van der Waals surface area contributed by atoms with Crippen LogP contribution in [-0.4, -0.2) is 14.8 Å². The first-order valence-electron chi connectivity index (χ1n) is 5.66. The van der Waals surface area contributed by atoms with Gasteiger partial charge in [0, 0.05) is 11.3 Å². The lowest BCUT2D eigenvalue weighted by Crippen LogP contribution is -1.96. The normalized spacial score (nSPS) is 10.6. The van der Waals surface area contributed by atoms with Crippen LogP contribution < -0.4 is 0 Å². The summed E-state index contributed by atoms with van der Waals surface area (Å²) in [5, 5.41) is 8.04. The van der Waals surface area contributed by atoms with Crippen LogP contribution in [0.25, 0.3) is 17.1 Å². The molecule has 3 aromatic rings. The summed E-state index contributed by atoms with van der Waals surface area (Å²) in [5.41, 5.74) is 1.65. The van der Waals surface area contributed by atoms with E-state index in [0.29, 0.717) is 11.4 Å². The molecule has 0 saturated carbocycles. The Bertz CT molecular complexity index is 710. The SMILES string of the molecule is Fc1ccc(-c2nncn2-c2ccccc2)cc1Cl. The number of benzene rings is 2. The number of nitrogens with zero attached hydrogens (tertiary/aromatic N) is 3. The second-order valence-electron chi connectivity index (χ2n) is 3.99. The molecular weight excluding hydrogens is 265 g/mol. The van der Waals surface area contributed by atoms with Gasteiger partial charge in [-0.25, -0.2) is 4.39 Å². The average Bonchev–Trinajstić information content (AvgIpc) is 2.92. The number of halogens is 2. The van der Waals surface area contributed by atoms with Crippen LogP contribution in [0.3, 0.4) is 0 Å². The number of para-hydroxylation sites is 1. The monoisotopic (exact) mass is 273 g/mol. The van der Waals surface area contributed by atoms with Gasteiger partial charge in [0.25, 0.3) is 0 Å². The van der Waals surface area contributed by atoms with E-state index >= 15 is 0 Å². The molecule has 0 aliphatic heterocycles. The fourth-order valence-electron chi connectivity index (χ4n) is 1.84. The summed E-state index contributed by atoms with van der Waals surface area (Å²) in [5.74, 6) is 0.171. The minimum atomic E-state index is -0.448. The lowest BCUT2D eigenvalue weighted by atomic mass is 10.2. The van der Waals surface area contributed by atoms with Crippen molar-refractivity contribution in [1.29, 1.82) is 0 Å². The third-order valence-electron chi connectivity index (χ3n) is 2.76. The molecule has 3 rings (SSSR count). The topological polar surface area (TPSA) is 30.7 Å². The zero-order valence-electron chi connectivity index (χ0n) is 9.79. The van der Waals surface area contributed by atoms with E-state index in [0.717, 1.165) is 5.69 Å². The van der Waals surface area contributed by atoms with Gasteiger partial charge in [-0.05, 0) is 30.3 Å². The highest BCUT2D eigenvalue weighted by Gasteiger charge is 2.10. The van der Waals surface area contributed by atoms with Crippen LogP contribution in [0.2, 0.25) is 5.02 Å². The maximum atomic E-state index is 13.2. The molecule has 0 unspecified atom stereocenters. The van der Waals surface area contributed by atoms with Crippen molar-refractivity contribution in [2.24, 2.45) is 0 Å². The van der Waals surface area contributed by atoms with Crippen LogP contribution in [0, 0.1) is 5.82 Å². The molecule has 0 bridgehead atoms. The van der Waals surface area contributed by atoms with Gasteiger partial charge in [-0.2, -0.15) is 0 Å². The standard InChI is InChI=1S/C14H9ClFN3/c15-12-8-10(6-7-13(12)16)14-18-17-9-19(14)11-4-2-1-3-5-11/h1-9H. The van der Waals surface area contributed by atoms with Crippen molar-refractivity contribution < 1.29 is 4.39 Å². The van der Waals surface area contributed by atoms with Gasteiger partial charge in [0.2, 0.25) is 0 Å². The molecule has 0 saturated heterocycles. The lowest BCUT2D eigenvalue weighted by Gasteiger charge is -2.06. The molecular formula is C14H9ClFN3. The highest BCUT2D eigenvalue weighted by Crippen LogP contribution is 2.25. The van der Waals surface area contributed by atoms with Crippen molar-refractivity contribution in [2.45, 2.75) is 0 Å². The lowest BCUT2D eigenvalue weighted by molar-refractivity contribution is 0.628. The number of rotatable bonds is 2. The van der Waals surface area contributed by atoms with E-state index in [4.69, 9.17) is 11.6 Å². The van der Waals surface area contributed by atoms with Crippen molar-refractivity contribution in [1.82, 2.24) is 14.8 Å². The van der Waals surface area contributed by atoms with Gasteiger partial charge in [0.05, 0.1) is 5.02 Å². The minimum Gasteiger partial charge on any atom is -0.282 e. The Morgan fingerprint density at radius 2 is 1.84 bits per heavy atom. The summed E-state index contributed by atoms with van der Waals surface area (Å²) in [6, 6.07) is 14.2.